The second kappa shape index (κ2) is 5.95. The Bertz CT molecular complexity index is 879. The maximum absolute atomic E-state index is 12.3. The lowest BCUT2D eigenvalue weighted by Crippen LogP contribution is -2.27. The van der Waals surface area contributed by atoms with E-state index in [0.717, 1.165) is 24.5 Å². The molecule has 2 aliphatic heterocycles. The van der Waals surface area contributed by atoms with Gasteiger partial charge in [-0.3, -0.25) is 0 Å². The smallest absolute Gasteiger partial charge is 0.243 e. The Kier molecular flexibility index (Phi) is 3.90. The molecular weight excluding hydrogens is 346 g/mol. The molecule has 2 aromatic rings. The summed E-state index contributed by atoms with van der Waals surface area (Å²) in [7, 11) is -3.54. The molecule has 4 rings (SSSR count). The zero-order valence-electron chi connectivity index (χ0n) is 13.0. The van der Waals surface area contributed by atoms with Crippen LogP contribution in [0.2, 0.25) is 5.02 Å². The molecule has 0 spiro atoms. The molecule has 0 aromatic heterocycles. The van der Waals surface area contributed by atoms with Crippen LogP contribution in [0.4, 0.5) is 11.4 Å². The first kappa shape index (κ1) is 15.7. The zero-order chi connectivity index (χ0) is 16.7. The molecule has 0 radical (unpaired) electrons. The molecule has 7 heteroatoms. The van der Waals surface area contributed by atoms with Crippen molar-refractivity contribution in [1.29, 1.82) is 0 Å². The molecule has 24 heavy (non-hydrogen) atoms. The minimum Gasteiger partial charge on any atom is -0.370 e. The summed E-state index contributed by atoms with van der Waals surface area (Å²) in [6, 6.07) is 12.9. The van der Waals surface area contributed by atoms with Crippen LogP contribution in [0.1, 0.15) is 24.6 Å². The number of anilines is 2. The summed E-state index contributed by atoms with van der Waals surface area (Å²) in [5.74, 6) is 0. The minimum absolute atomic E-state index is 0.242. The van der Waals surface area contributed by atoms with Crippen LogP contribution in [0.25, 0.3) is 0 Å². The predicted molar refractivity (Wildman–Crippen MR) is 96.0 cm³/mol. The first-order valence-electron chi connectivity index (χ1n) is 7.97. The molecule has 1 unspecified atom stereocenters. The monoisotopic (exact) mass is 363 g/mol. The minimum atomic E-state index is -3.54. The van der Waals surface area contributed by atoms with E-state index in [1.165, 1.54) is 12.8 Å². The van der Waals surface area contributed by atoms with E-state index < -0.39 is 16.2 Å². The van der Waals surface area contributed by atoms with Crippen molar-refractivity contribution in [3.63, 3.8) is 0 Å². The van der Waals surface area contributed by atoms with Crippen LogP contribution in [-0.4, -0.2) is 21.5 Å². The predicted octanol–water partition coefficient (Wildman–Crippen LogP) is 3.34. The third-order valence-corrected chi connectivity index (χ3v) is 6.33. The Hall–Kier alpha value is -1.76. The lowest BCUT2D eigenvalue weighted by atomic mass is 10.1. The van der Waals surface area contributed by atoms with Gasteiger partial charge in [-0.15, -0.1) is 0 Å². The van der Waals surface area contributed by atoms with E-state index in [9.17, 15) is 8.42 Å². The highest BCUT2D eigenvalue weighted by Gasteiger charge is 2.36. The van der Waals surface area contributed by atoms with E-state index in [1.54, 1.807) is 18.2 Å². The molecule has 0 saturated carbocycles. The highest BCUT2D eigenvalue weighted by Crippen LogP contribution is 2.38. The molecule has 2 aliphatic rings. The lowest BCUT2D eigenvalue weighted by molar-refractivity contribution is 0.583. The summed E-state index contributed by atoms with van der Waals surface area (Å²) in [6.07, 6.45) is 1.79. The van der Waals surface area contributed by atoms with E-state index in [4.69, 9.17) is 11.6 Å². The molecule has 126 valence electrons. The van der Waals surface area contributed by atoms with Gasteiger partial charge in [0.25, 0.3) is 0 Å². The molecule has 2 N–H and O–H groups in total. The average Bonchev–Trinajstić information content (AvgIpc) is 3.16. The Morgan fingerprint density at radius 3 is 2.62 bits per heavy atom. The number of nitrogens with one attached hydrogen (secondary N) is 2. The van der Waals surface area contributed by atoms with Crippen molar-refractivity contribution in [2.45, 2.75) is 23.9 Å². The highest BCUT2D eigenvalue weighted by molar-refractivity contribution is 7.89. The largest absolute Gasteiger partial charge is 0.370 e. The van der Waals surface area contributed by atoms with Gasteiger partial charge in [0.05, 0.1) is 16.3 Å². The van der Waals surface area contributed by atoms with Gasteiger partial charge in [0.2, 0.25) is 10.0 Å². The maximum atomic E-state index is 12.3. The summed E-state index contributed by atoms with van der Waals surface area (Å²) < 4.78 is 27.3. The van der Waals surface area contributed by atoms with Gasteiger partial charge >= 0.3 is 0 Å². The molecule has 2 heterocycles. The van der Waals surface area contributed by atoms with Crippen molar-refractivity contribution < 1.29 is 8.42 Å². The maximum Gasteiger partial charge on any atom is 0.243 e. The van der Waals surface area contributed by atoms with Gasteiger partial charge in [0.1, 0.15) is 6.17 Å². The van der Waals surface area contributed by atoms with Crippen LogP contribution >= 0.6 is 11.6 Å². The topological polar surface area (TPSA) is 61.4 Å². The van der Waals surface area contributed by atoms with Crippen LogP contribution < -0.4 is 14.9 Å². The van der Waals surface area contributed by atoms with Crippen LogP contribution in [0.3, 0.4) is 0 Å². The number of nitrogens with zero attached hydrogens (tertiary/aromatic N) is 1. The van der Waals surface area contributed by atoms with Crippen molar-refractivity contribution in [1.82, 2.24) is 4.72 Å². The van der Waals surface area contributed by atoms with Crippen LogP contribution in [0.5, 0.6) is 0 Å². The van der Waals surface area contributed by atoms with Gasteiger partial charge in [0.15, 0.2) is 0 Å². The normalized spacial score (nSPS) is 21.7. The van der Waals surface area contributed by atoms with E-state index in [2.05, 4.69) is 21.0 Å². The number of fused-ring (bicyclic) bond motifs is 1. The molecule has 1 saturated heterocycles. The van der Waals surface area contributed by atoms with E-state index >= 15 is 0 Å². The second-order valence-electron chi connectivity index (χ2n) is 6.06. The fourth-order valence-electron chi connectivity index (χ4n) is 3.40. The summed E-state index contributed by atoms with van der Waals surface area (Å²) >= 11 is 6.27. The Balaban J connectivity index is 1.71. The standard InChI is InChI=1S/C17H18ClN3O2S/c18-12-6-5-9-15-16(12)17(20-24(15,22)23)19-13-7-1-2-8-14(13)21-10-3-4-11-21/h1-2,5-9,17,19-20H,3-4,10-11H2. The van der Waals surface area contributed by atoms with Crippen molar-refractivity contribution in [3.8, 4) is 0 Å². The number of hydrogen-bond donors (Lipinski definition) is 2. The fourth-order valence-corrected chi connectivity index (χ4v) is 5.12. The first-order chi connectivity index (χ1) is 11.6. The van der Waals surface area contributed by atoms with Gasteiger partial charge in [-0.25, -0.2) is 8.42 Å². The molecule has 5 nitrogen and oxygen atoms in total. The number of para-hydroxylation sites is 2. The van der Waals surface area contributed by atoms with Crippen molar-refractivity contribution in [2.24, 2.45) is 0 Å². The van der Waals surface area contributed by atoms with Crippen molar-refractivity contribution in [2.75, 3.05) is 23.3 Å². The number of sulfonamides is 1. The molecule has 1 fully saturated rings. The summed E-state index contributed by atoms with van der Waals surface area (Å²) in [5.41, 5.74) is 2.57. The van der Waals surface area contributed by atoms with Crippen LogP contribution in [0, 0.1) is 0 Å². The number of benzene rings is 2. The van der Waals surface area contributed by atoms with Gasteiger partial charge in [0, 0.05) is 23.7 Å². The van der Waals surface area contributed by atoms with Gasteiger partial charge in [-0.05, 0) is 37.1 Å². The van der Waals surface area contributed by atoms with E-state index in [-0.39, 0.29) is 4.90 Å². The SMILES string of the molecule is O=S1(=O)NC(Nc2ccccc2N2CCCC2)c2c(Cl)cccc21. The number of rotatable bonds is 3. The molecule has 0 aliphatic carbocycles. The van der Waals surface area contributed by atoms with E-state index in [1.807, 2.05) is 18.2 Å². The van der Waals surface area contributed by atoms with Crippen LogP contribution in [-0.2, 0) is 10.0 Å². The quantitative estimate of drug-likeness (QED) is 0.878. The Labute approximate surface area is 146 Å². The number of halogens is 1. The van der Waals surface area contributed by atoms with Crippen LogP contribution in [0.15, 0.2) is 47.4 Å². The highest BCUT2D eigenvalue weighted by atomic mass is 35.5. The zero-order valence-corrected chi connectivity index (χ0v) is 14.6. The third kappa shape index (κ3) is 2.64. The summed E-state index contributed by atoms with van der Waals surface area (Å²) in [4.78, 5) is 2.56. The molecule has 0 bridgehead atoms. The third-order valence-electron chi connectivity index (χ3n) is 4.51. The second-order valence-corrected chi connectivity index (χ2v) is 8.15. The van der Waals surface area contributed by atoms with Crippen molar-refractivity contribution >= 4 is 33.0 Å². The summed E-state index contributed by atoms with van der Waals surface area (Å²) in [5, 5.41) is 3.76. The van der Waals surface area contributed by atoms with Gasteiger partial charge in [-0.2, -0.15) is 4.72 Å². The van der Waals surface area contributed by atoms with E-state index in [0.29, 0.717) is 10.6 Å². The molecule has 1 atom stereocenters. The Morgan fingerprint density at radius 2 is 1.83 bits per heavy atom. The summed E-state index contributed by atoms with van der Waals surface area (Å²) in [6.45, 7) is 2.04. The van der Waals surface area contributed by atoms with Gasteiger partial charge < -0.3 is 10.2 Å². The van der Waals surface area contributed by atoms with Gasteiger partial charge in [-0.1, -0.05) is 29.8 Å². The Morgan fingerprint density at radius 1 is 1.08 bits per heavy atom. The molecule has 0 amide bonds. The molecule has 2 aromatic carbocycles. The fraction of sp³-hybridized carbons (Fsp3) is 0.294. The lowest BCUT2D eigenvalue weighted by Gasteiger charge is -2.24. The average molecular weight is 364 g/mol. The molecular formula is C17H18ClN3O2S. The first-order valence-corrected chi connectivity index (χ1v) is 9.84. The van der Waals surface area contributed by atoms with Crippen molar-refractivity contribution in [3.05, 3.63) is 53.1 Å². The number of hydrogen-bond acceptors (Lipinski definition) is 4.